The van der Waals surface area contributed by atoms with Crippen molar-refractivity contribution in [1.29, 1.82) is 0 Å². The first-order valence-corrected chi connectivity index (χ1v) is 11.5. The van der Waals surface area contributed by atoms with Gasteiger partial charge in [-0.15, -0.1) is 5.10 Å². The highest BCUT2D eigenvalue weighted by molar-refractivity contribution is 5.94. The van der Waals surface area contributed by atoms with Gasteiger partial charge >= 0.3 is 0 Å². The van der Waals surface area contributed by atoms with Crippen molar-refractivity contribution in [2.45, 2.75) is 6.92 Å². The van der Waals surface area contributed by atoms with E-state index in [4.69, 9.17) is 9.72 Å². The van der Waals surface area contributed by atoms with Crippen molar-refractivity contribution in [3.63, 3.8) is 0 Å². The predicted molar refractivity (Wildman–Crippen MR) is 132 cm³/mol. The molecule has 2 N–H and O–H groups in total. The molecule has 8 heteroatoms. The Balaban J connectivity index is 1.23. The summed E-state index contributed by atoms with van der Waals surface area (Å²) in [4.78, 5) is 19.5. The topological polar surface area (TPSA) is 83.8 Å². The van der Waals surface area contributed by atoms with Crippen LogP contribution in [0, 0.1) is 6.92 Å². The number of aromatic nitrogens is 3. The van der Waals surface area contributed by atoms with Crippen LogP contribution in [0.1, 0.15) is 15.9 Å². The summed E-state index contributed by atoms with van der Waals surface area (Å²) in [6, 6.07) is 19.7. The summed E-state index contributed by atoms with van der Waals surface area (Å²) in [7, 11) is 0. The molecule has 0 aliphatic carbocycles. The minimum atomic E-state index is -0.0755. The Labute approximate surface area is 198 Å². The number of rotatable bonds is 7. The smallest absolute Gasteiger partial charge is 0.251 e. The number of nitrogens with one attached hydrogen (secondary N) is 2. The van der Waals surface area contributed by atoms with Crippen molar-refractivity contribution in [2.24, 2.45) is 0 Å². The molecule has 0 spiro atoms. The standard InChI is InChI=1S/C26H28N6O2/c1-19-4-2-5-21(18-19)23-6-3-12-32-24(23)29-26(30-32)28-22-9-7-20(8-10-22)25(33)27-11-13-31-14-16-34-17-15-31/h2-10,12,18H,11,13-17H2,1H3,(H,27,33)(H,28,30). The van der Waals surface area contributed by atoms with E-state index >= 15 is 0 Å². The average molecular weight is 457 g/mol. The van der Waals surface area contributed by atoms with Crippen LogP contribution in [-0.4, -0.2) is 64.8 Å². The van der Waals surface area contributed by atoms with Crippen molar-refractivity contribution in [1.82, 2.24) is 24.8 Å². The fourth-order valence-electron chi connectivity index (χ4n) is 4.09. The SMILES string of the molecule is Cc1cccc(-c2cccn3nc(Nc4ccc(C(=O)NCCN5CCOCC5)cc4)nc23)c1. The molecule has 1 saturated heterocycles. The molecular formula is C26H28N6O2. The Morgan fingerprint density at radius 1 is 1.06 bits per heavy atom. The second-order valence-corrected chi connectivity index (χ2v) is 8.41. The Bertz CT molecular complexity index is 1280. The molecular weight excluding hydrogens is 428 g/mol. The number of hydrogen-bond acceptors (Lipinski definition) is 6. The molecule has 0 unspecified atom stereocenters. The molecule has 0 atom stereocenters. The summed E-state index contributed by atoms with van der Waals surface area (Å²) in [6.45, 7) is 6.88. The van der Waals surface area contributed by atoms with Crippen LogP contribution in [0.2, 0.25) is 0 Å². The third-order valence-electron chi connectivity index (χ3n) is 5.91. The number of morpholine rings is 1. The predicted octanol–water partition coefficient (Wildman–Crippen LogP) is 3.51. The summed E-state index contributed by atoms with van der Waals surface area (Å²) in [5.41, 5.74) is 5.55. The largest absolute Gasteiger partial charge is 0.379 e. The van der Waals surface area contributed by atoms with Gasteiger partial charge in [-0.3, -0.25) is 9.69 Å². The first kappa shape index (κ1) is 22.1. The monoisotopic (exact) mass is 456 g/mol. The van der Waals surface area contributed by atoms with E-state index < -0.39 is 0 Å². The third kappa shape index (κ3) is 5.08. The summed E-state index contributed by atoms with van der Waals surface area (Å²) in [5, 5.41) is 10.8. The van der Waals surface area contributed by atoms with Gasteiger partial charge in [0.15, 0.2) is 5.65 Å². The van der Waals surface area contributed by atoms with Gasteiger partial charge in [0.05, 0.1) is 13.2 Å². The van der Waals surface area contributed by atoms with E-state index in [1.807, 2.05) is 30.5 Å². The number of nitrogens with zero attached hydrogens (tertiary/aromatic N) is 4. The highest BCUT2D eigenvalue weighted by Gasteiger charge is 2.12. The number of hydrogen-bond donors (Lipinski definition) is 2. The van der Waals surface area contributed by atoms with Crippen LogP contribution < -0.4 is 10.6 Å². The number of ether oxygens (including phenoxy) is 1. The number of aryl methyl sites for hydroxylation is 1. The fourth-order valence-corrected chi connectivity index (χ4v) is 4.09. The van der Waals surface area contributed by atoms with E-state index in [0.29, 0.717) is 18.1 Å². The number of amides is 1. The van der Waals surface area contributed by atoms with Gasteiger partial charge in [-0.1, -0.05) is 29.8 Å². The maximum absolute atomic E-state index is 12.5. The van der Waals surface area contributed by atoms with Crippen molar-refractivity contribution in [3.8, 4) is 11.1 Å². The molecule has 8 nitrogen and oxygen atoms in total. The van der Waals surface area contributed by atoms with E-state index in [-0.39, 0.29) is 5.91 Å². The van der Waals surface area contributed by atoms with Crippen molar-refractivity contribution >= 4 is 23.2 Å². The molecule has 5 rings (SSSR count). The molecule has 1 amide bonds. The van der Waals surface area contributed by atoms with Gasteiger partial charge in [0.1, 0.15) is 0 Å². The van der Waals surface area contributed by atoms with E-state index in [0.717, 1.165) is 55.3 Å². The van der Waals surface area contributed by atoms with Crippen LogP contribution in [0.3, 0.4) is 0 Å². The second kappa shape index (κ2) is 10.0. The van der Waals surface area contributed by atoms with E-state index in [1.54, 1.807) is 16.6 Å². The summed E-state index contributed by atoms with van der Waals surface area (Å²) < 4.78 is 7.13. The van der Waals surface area contributed by atoms with Crippen LogP contribution in [0.15, 0.2) is 66.9 Å². The Hall–Kier alpha value is -3.75. The lowest BCUT2D eigenvalue weighted by atomic mass is 10.1. The molecule has 4 aromatic rings. The van der Waals surface area contributed by atoms with Gasteiger partial charge in [-0.25, -0.2) is 4.52 Å². The van der Waals surface area contributed by atoms with Gasteiger partial charge in [-0.05, 0) is 48.9 Å². The first-order chi connectivity index (χ1) is 16.7. The number of anilines is 2. The molecule has 0 bridgehead atoms. The first-order valence-electron chi connectivity index (χ1n) is 11.5. The molecule has 1 aliphatic heterocycles. The third-order valence-corrected chi connectivity index (χ3v) is 5.91. The zero-order valence-corrected chi connectivity index (χ0v) is 19.2. The van der Waals surface area contributed by atoms with Crippen LogP contribution in [0.4, 0.5) is 11.6 Å². The average Bonchev–Trinajstić information content (AvgIpc) is 3.27. The Morgan fingerprint density at radius 3 is 2.68 bits per heavy atom. The van der Waals surface area contributed by atoms with Crippen LogP contribution in [0.25, 0.3) is 16.8 Å². The van der Waals surface area contributed by atoms with Gasteiger partial charge < -0.3 is 15.4 Å². The number of fused-ring (bicyclic) bond motifs is 1. The van der Waals surface area contributed by atoms with Gasteiger partial charge in [0, 0.05) is 49.2 Å². The zero-order chi connectivity index (χ0) is 23.3. The summed E-state index contributed by atoms with van der Waals surface area (Å²) >= 11 is 0. The molecule has 34 heavy (non-hydrogen) atoms. The molecule has 1 aliphatic rings. The number of pyridine rings is 1. The fraction of sp³-hybridized carbons (Fsp3) is 0.269. The van der Waals surface area contributed by atoms with Crippen LogP contribution in [0.5, 0.6) is 0 Å². The van der Waals surface area contributed by atoms with Crippen molar-refractivity contribution in [3.05, 3.63) is 78.0 Å². The normalized spacial score (nSPS) is 14.3. The molecule has 2 aromatic carbocycles. The number of carbonyl (C=O) groups excluding carboxylic acids is 1. The highest BCUT2D eigenvalue weighted by Crippen LogP contribution is 2.25. The Morgan fingerprint density at radius 2 is 1.88 bits per heavy atom. The van der Waals surface area contributed by atoms with Gasteiger partial charge in [-0.2, -0.15) is 4.98 Å². The quantitative estimate of drug-likeness (QED) is 0.443. The van der Waals surface area contributed by atoms with E-state index in [9.17, 15) is 4.79 Å². The van der Waals surface area contributed by atoms with Gasteiger partial charge in [0.2, 0.25) is 5.95 Å². The van der Waals surface area contributed by atoms with E-state index in [1.165, 1.54) is 5.56 Å². The highest BCUT2D eigenvalue weighted by atomic mass is 16.5. The second-order valence-electron chi connectivity index (χ2n) is 8.41. The van der Waals surface area contributed by atoms with Crippen molar-refractivity contribution in [2.75, 3.05) is 44.7 Å². The van der Waals surface area contributed by atoms with Crippen molar-refractivity contribution < 1.29 is 9.53 Å². The molecule has 0 radical (unpaired) electrons. The van der Waals surface area contributed by atoms with Gasteiger partial charge in [0.25, 0.3) is 5.91 Å². The maximum Gasteiger partial charge on any atom is 0.251 e. The number of benzene rings is 2. The minimum Gasteiger partial charge on any atom is -0.379 e. The molecule has 1 fully saturated rings. The molecule has 0 saturated carbocycles. The minimum absolute atomic E-state index is 0.0755. The lowest BCUT2D eigenvalue weighted by Crippen LogP contribution is -2.41. The maximum atomic E-state index is 12.5. The van der Waals surface area contributed by atoms with E-state index in [2.05, 4.69) is 51.8 Å². The molecule has 2 aromatic heterocycles. The van der Waals surface area contributed by atoms with Crippen LogP contribution >= 0.6 is 0 Å². The lowest BCUT2D eigenvalue weighted by Gasteiger charge is -2.26. The lowest BCUT2D eigenvalue weighted by molar-refractivity contribution is 0.0383. The molecule has 174 valence electrons. The molecule has 3 heterocycles. The van der Waals surface area contributed by atoms with Crippen LogP contribution in [-0.2, 0) is 4.74 Å². The summed E-state index contributed by atoms with van der Waals surface area (Å²) in [5.74, 6) is 0.427. The Kier molecular flexibility index (Phi) is 6.51. The number of carbonyl (C=O) groups is 1. The zero-order valence-electron chi connectivity index (χ0n) is 19.2. The summed E-state index contributed by atoms with van der Waals surface area (Å²) in [6.07, 6.45) is 1.89.